The van der Waals surface area contributed by atoms with Crippen molar-refractivity contribution >= 4 is 17.8 Å². The van der Waals surface area contributed by atoms with Crippen LogP contribution in [0.3, 0.4) is 0 Å². The zero-order valence-corrected chi connectivity index (χ0v) is 13.6. The average molecular weight is 334 g/mol. The summed E-state index contributed by atoms with van der Waals surface area (Å²) < 4.78 is 18.9. The van der Waals surface area contributed by atoms with Gasteiger partial charge in [0.25, 0.3) is 0 Å². The lowest BCUT2D eigenvalue weighted by molar-refractivity contribution is -0.136. The highest BCUT2D eigenvalue weighted by atomic mass is 19.1. The van der Waals surface area contributed by atoms with E-state index < -0.39 is 17.8 Å². The molecule has 5 nitrogen and oxygen atoms in total. The van der Waals surface area contributed by atoms with Gasteiger partial charge >= 0.3 is 11.9 Å². The number of halogens is 1. The number of allylic oxidation sites excluding steroid dienone is 2. The Hall–Kier alpha value is -2.63. The highest BCUT2D eigenvalue weighted by Gasteiger charge is 2.32. The maximum Gasteiger partial charge on any atom is 0.342 e. The molecule has 128 valence electrons. The van der Waals surface area contributed by atoms with E-state index in [-0.39, 0.29) is 41.9 Å². The lowest BCUT2D eigenvalue weighted by atomic mass is 9.89. The summed E-state index contributed by atoms with van der Waals surface area (Å²) in [6.07, 6.45) is 2.23. The number of aromatic hydroxyl groups is 1. The molecular weight excluding hydrogens is 315 g/mol. The molecule has 0 aliphatic carbocycles. The Morgan fingerprint density at radius 3 is 2.67 bits per heavy atom. The number of carbonyl (C=O) groups excluding carboxylic acids is 1. The number of hydrogen-bond acceptors (Lipinski definition) is 4. The topological polar surface area (TPSA) is 83.8 Å². The highest BCUT2D eigenvalue weighted by Crippen LogP contribution is 2.40. The van der Waals surface area contributed by atoms with Crippen LogP contribution in [0.5, 0.6) is 5.75 Å². The Balaban J connectivity index is 2.46. The van der Waals surface area contributed by atoms with Crippen LogP contribution in [0.1, 0.15) is 52.4 Å². The van der Waals surface area contributed by atoms with Gasteiger partial charge in [0.1, 0.15) is 23.7 Å². The third-order valence-corrected chi connectivity index (χ3v) is 4.16. The maximum atomic E-state index is 13.9. The number of cyclic esters (lactones) is 1. The Bertz CT molecular complexity index is 761. The van der Waals surface area contributed by atoms with Crippen LogP contribution in [-0.4, -0.2) is 22.2 Å². The predicted octanol–water partition coefficient (Wildman–Crippen LogP) is 3.66. The Kier molecular flexibility index (Phi) is 5.07. The first-order chi connectivity index (χ1) is 11.2. The van der Waals surface area contributed by atoms with Crippen molar-refractivity contribution in [3.05, 3.63) is 46.0 Å². The molecule has 1 aliphatic heterocycles. The lowest BCUT2D eigenvalue weighted by Gasteiger charge is -2.15. The summed E-state index contributed by atoms with van der Waals surface area (Å²) in [6.45, 7) is 6.74. The van der Waals surface area contributed by atoms with Gasteiger partial charge < -0.3 is 14.9 Å². The van der Waals surface area contributed by atoms with E-state index in [1.807, 2.05) is 0 Å². The molecular formula is C18H19FO5. The van der Waals surface area contributed by atoms with Gasteiger partial charge in [-0.3, -0.25) is 4.79 Å². The fourth-order valence-corrected chi connectivity index (χ4v) is 2.84. The fourth-order valence-electron chi connectivity index (χ4n) is 2.84. The maximum absolute atomic E-state index is 13.9. The summed E-state index contributed by atoms with van der Waals surface area (Å²) in [5.41, 5.74) is 2.30. The lowest BCUT2D eigenvalue weighted by Crippen LogP contribution is -2.04. The van der Waals surface area contributed by atoms with Gasteiger partial charge in [0, 0.05) is 23.1 Å². The van der Waals surface area contributed by atoms with Crippen molar-refractivity contribution < 1.29 is 28.9 Å². The van der Waals surface area contributed by atoms with E-state index in [0.29, 0.717) is 17.5 Å². The van der Waals surface area contributed by atoms with E-state index in [2.05, 4.69) is 6.58 Å². The normalized spacial score (nSPS) is 13.6. The number of aliphatic carboxylic acids is 1. The van der Waals surface area contributed by atoms with Crippen molar-refractivity contribution in [2.75, 3.05) is 0 Å². The van der Waals surface area contributed by atoms with Crippen LogP contribution in [0.15, 0.2) is 18.2 Å². The number of phenols is 1. The molecule has 1 aromatic carbocycles. The SMILES string of the molecule is C=C(F)c1c(C)c2c(c(O)c1C/C=C(\C)CCC(=O)O)C(=O)OC2. The van der Waals surface area contributed by atoms with E-state index in [4.69, 9.17) is 9.84 Å². The van der Waals surface area contributed by atoms with E-state index in [1.54, 1.807) is 19.9 Å². The molecule has 1 aliphatic rings. The first-order valence-electron chi connectivity index (χ1n) is 7.50. The molecule has 0 fully saturated rings. The van der Waals surface area contributed by atoms with Crippen molar-refractivity contribution in [1.82, 2.24) is 0 Å². The third-order valence-electron chi connectivity index (χ3n) is 4.16. The number of ether oxygens (including phenoxy) is 1. The molecule has 0 saturated heterocycles. The van der Waals surface area contributed by atoms with Crippen LogP contribution in [0.2, 0.25) is 0 Å². The molecule has 0 unspecified atom stereocenters. The van der Waals surface area contributed by atoms with Crippen LogP contribution in [-0.2, 0) is 22.6 Å². The van der Waals surface area contributed by atoms with Crippen LogP contribution >= 0.6 is 0 Å². The third kappa shape index (κ3) is 3.32. The molecule has 0 spiro atoms. The molecule has 0 saturated carbocycles. The molecule has 24 heavy (non-hydrogen) atoms. The summed E-state index contributed by atoms with van der Waals surface area (Å²) in [5, 5.41) is 19.1. The van der Waals surface area contributed by atoms with E-state index in [0.717, 1.165) is 5.57 Å². The second-order valence-electron chi connectivity index (χ2n) is 5.81. The number of rotatable bonds is 6. The quantitative estimate of drug-likeness (QED) is 0.612. The number of hydrogen-bond donors (Lipinski definition) is 2. The largest absolute Gasteiger partial charge is 0.507 e. The summed E-state index contributed by atoms with van der Waals surface area (Å²) in [7, 11) is 0. The van der Waals surface area contributed by atoms with Gasteiger partial charge in [0.05, 0.1) is 0 Å². The Morgan fingerprint density at radius 2 is 2.08 bits per heavy atom. The van der Waals surface area contributed by atoms with Gasteiger partial charge in [-0.2, -0.15) is 0 Å². The zero-order valence-electron chi connectivity index (χ0n) is 13.6. The van der Waals surface area contributed by atoms with Crippen molar-refractivity contribution in [2.45, 2.75) is 39.7 Å². The van der Waals surface area contributed by atoms with Crippen molar-refractivity contribution in [3.8, 4) is 5.75 Å². The first kappa shape index (κ1) is 17.7. The molecule has 0 bridgehead atoms. The van der Waals surface area contributed by atoms with Gasteiger partial charge in [-0.25, -0.2) is 9.18 Å². The first-order valence-corrected chi connectivity index (χ1v) is 7.50. The van der Waals surface area contributed by atoms with Gasteiger partial charge in [0.15, 0.2) is 0 Å². The van der Waals surface area contributed by atoms with Crippen LogP contribution < -0.4 is 0 Å². The Morgan fingerprint density at radius 1 is 1.42 bits per heavy atom. The molecule has 2 rings (SSSR count). The predicted molar refractivity (Wildman–Crippen MR) is 86.4 cm³/mol. The Labute approximate surface area is 139 Å². The molecule has 0 radical (unpaired) electrons. The summed E-state index contributed by atoms with van der Waals surface area (Å²) in [5.74, 6) is -2.53. The number of carbonyl (C=O) groups is 2. The van der Waals surface area contributed by atoms with Crippen LogP contribution in [0, 0.1) is 6.92 Å². The summed E-state index contributed by atoms with van der Waals surface area (Å²) in [6, 6.07) is 0. The molecule has 6 heteroatoms. The minimum absolute atomic E-state index is 0.00159. The van der Waals surface area contributed by atoms with Gasteiger partial charge in [0.2, 0.25) is 0 Å². The summed E-state index contributed by atoms with van der Waals surface area (Å²) >= 11 is 0. The monoisotopic (exact) mass is 334 g/mol. The number of carboxylic acids is 1. The van der Waals surface area contributed by atoms with Crippen LogP contribution in [0.4, 0.5) is 4.39 Å². The van der Waals surface area contributed by atoms with Gasteiger partial charge in [-0.05, 0) is 32.3 Å². The minimum atomic E-state index is -0.903. The highest BCUT2D eigenvalue weighted by molar-refractivity contribution is 5.98. The molecule has 0 amide bonds. The minimum Gasteiger partial charge on any atom is -0.507 e. The molecule has 2 N–H and O–H groups in total. The molecule has 1 heterocycles. The zero-order chi connectivity index (χ0) is 18.0. The second kappa shape index (κ2) is 6.86. The second-order valence-corrected chi connectivity index (χ2v) is 5.81. The summed E-state index contributed by atoms with van der Waals surface area (Å²) in [4.78, 5) is 22.4. The number of fused-ring (bicyclic) bond motifs is 1. The van der Waals surface area contributed by atoms with Crippen LogP contribution in [0.25, 0.3) is 5.83 Å². The number of esters is 1. The molecule has 0 aromatic heterocycles. The van der Waals surface area contributed by atoms with E-state index in [1.165, 1.54) is 0 Å². The van der Waals surface area contributed by atoms with E-state index >= 15 is 0 Å². The van der Waals surface area contributed by atoms with Gasteiger partial charge in [-0.15, -0.1) is 0 Å². The number of benzene rings is 1. The smallest absolute Gasteiger partial charge is 0.342 e. The molecule has 1 aromatic rings. The number of phenolic OH excluding ortho intramolecular Hbond substituents is 1. The van der Waals surface area contributed by atoms with Crippen molar-refractivity contribution in [3.63, 3.8) is 0 Å². The van der Waals surface area contributed by atoms with E-state index in [9.17, 15) is 19.1 Å². The fraction of sp³-hybridized carbons (Fsp3) is 0.333. The van der Waals surface area contributed by atoms with Gasteiger partial charge in [-0.1, -0.05) is 18.2 Å². The number of carboxylic acid groups (broad SMARTS) is 1. The standard InChI is InChI=1S/C18H19FO5/c1-9(5-7-14(20)21)4-6-12-15(11(3)19)10(2)13-8-24-18(23)16(13)17(12)22/h4,22H,3,5-8H2,1-2H3,(H,20,21)/b9-4+. The average Bonchev–Trinajstić information content (AvgIpc) is 2.89. The van der Waals surface area contributed by atoms with Crippen molar-refractivity contribution in [1.29, 1.82) is 0 Å². The van der Waals surface area contributed by atoms with Crippen molar-refractivity contribution in [2.24, 2.45) is 0 Å². The molecule has 0 atom stereocenters.